The minimum absolute atomic E-state index is 0.0939. The van der Waals surface area contributed by atoms with Crippen molar-refractivity contribution in [2.75, 3.05) is 7.05 Å². The normalized spacial score (nSPS) is 15.4. The molecule has 1 heterocycles. The van der Waals surface area contributed by atoms with Crippen LogP contribution in [0, 0.1) is 13.8 Å². The summed E-state index contributed by atoms with van der Waals surface area (Å²) in [5.74, 6) is -0.388. The fourth-order valence-corrected chi connectivity index (χ4v) is 5.88. The quantitative estimate of drug-likeness (QED) is 0.638. The van der Waals surface area contributed by atoms with Gasteiger partial charge in [-0.3, -0.25) is 4.79 Å². The van der Waals surface area contributed by atoms with Crippen LogP contribution in [-0.2, 0) is 17.1 Å². The number of hydrogen-bond donors (Lipinski definition) is 0. The van der Waals surface area contributed by atoms with Gasteiger partial charge in [-0.2, -0.15) is 9.30 Å². The van der Waals surface area contributed by atoms with Crippen molar-refractivity contribution in [2.45, 2.75) is 37.6 Å². The lowest BCUT2D eigenvalue weighted by molar-refractivity contribution is 0.0998. The first-order valence-electron chi connectivity index (χ1n) is 9.42. The third kappa shape index (κ3) is 3.68. The second kappa shape index (κ2) is 7.19. The number of aromatic nitrogens is 1. The van der Waals surface area contributed by atoms with Gasteiger partial charge in [0, 0.05) is 25.7 Å². The lowest BCUT2D eigenvalue weighted by Gasteiger charge is -2.16. The summed E-state index contributed by atoms with van der Waals surface area (Å²) in [7, 11) is -0.0209. The van der Waals surface area contributed by atoms with Gasteiger partial charge in [0.15, 0.2) is 4.80 Å². The fourth-order valence-electron chi connectivity index (χ4n) is 3.40. The molecule has 1 fully saturated rings. The highest BCUT2D eigenvalue weighted by Gasteiger charge is 2.35. The van der Waals surface area contributed by atoms with Crippen molar-refractivity contribution >= 4 is 37.5 Å². The summed E-state index contributed by atoms with van der Waals surface area (Å²) in [5.41, 5.74) is 3.73. The molecule has 3 aromatic rings. The second-order valence-electron chi connectivity index (χ2n) is 7.57. The number of benzene rings is 2. The number of hydrogen-bond acceptors (Lipinski definition) is 4. The highest BCUT2D eigenvalue weighted by Crippen LogP contribution is 2.30. The molecule has 0 spiro atoms. The van der Waals surface area contributed by atoms with Gasteiger partial charge in [-0.1, -0.05) is 17.4 Å². The predicted molar refractivity (Wildman–Crippen MR) is 115 cm³/mol. The molecule has 0 unspecified atom stereocenters. The van der Waals surface area contributed by atoms with Gasteiger partial charge in [-0.15, -0.1) is 0 Å². The molecule has 1 aliphatic carbocycles. The van der Waals surface area contributed by atoms with E-state index in [1.807, 2.05) is 18.5 Å². The van der Waals surface area contributed by atoms with Crippen LogP contribution in [0.1, 0.15) is 34.3 Å². The summed E-state index contributed by atoms with van der Waals surface area (Å²) < 4.78 is 29.6. The third-order valence-corrected chi connectivity index (χ3v) is 8.48. The monoisotopic (exact) mass is 429 g/mol. The van der Waals surface area contributed by atoms with Gasteiger partial charge < -0.3 is 4.57 Å². The van der Waals surface area contributed by atoms with Crippen molar-refractivity contribution in [3.8, 4) is 0 Å². The Morgan fingerprint density at radius 3 is 2.45 bits per heavy atom. The van der Waals surface area contributed by atoms with Crippen LogP contribution in [0.4, 0.5) is 0 Å². The standard InChI is InChI=1S/C21H23N3O3S2/c1-13-11-14(2)19-18(12-13)23(3)21(28-19)22-20(25)15-5-9-17(10-6-15)29(26,27)24(4)16-7-8-16/h5-6,9-12,16H,7-8H2,1-4H3. The van der Waals surface area contributed by atoms with E-state index in [9.17, 15) is 13.2 Å². The number of sulfonamides is 1. The molecule has 0 atom stereocenters. The lowest BCUT2D eigenvalue weighted by Crippen LogP contribution is -2.28. The van der Waals surface area contributed by atoms with Crippen LogP contribution in [0.25, 0.3) is 10.2 Å². The van der Waals surface area contributed by atoms with Crippen LogP contribution in [0.3, 0.4) is 0 Å². The minimum atomic E-state index is -3.52. The Morgan fingerprint density at radius 1 is 1.17 bits per heavy atom. The van der Waals surface area contributed by atoms with E-state index in [1.54, 1.807) is 7.05 Å². The fraction of sp³-hybridized carbons (Fsp3) is 0.333. The van der Waals surface area contributed by atoms with Gasteiger partial charge in [-0.25, -0.2) is 8.42 Å². The van der Waals surface area contributed by atoms with E-state index in [0.717, 1.165) is 34.2 Å². The zero-order valence-corrected chi connectivity index (χ0v) is 18.5. The summed E-state index contributed by atoms with van der Waals surface area (Å²) in [6.07, 6.45) is 1.80. The molecular formula is C21H23N3O3S2. The average Bonchev–Trinajstić information content (AvgIpc) is 3.48. The highest BCUT2D eigenvalue weighted by molar-refractivity contribution is 7.89. The Hall–Kier alpha value is -2.29. The highest BCUT2D eigenvalue weighted by atomic mass is 32.2. The Morgan fingerprint density at radius 2 is 1.83 bits per heavy atom. The Labute approximate surface area is 174 Å². The molecule has 4 rings (SSSR count). The van der Waals surface area contributed by atoms with Gasteiger partial charge >= 0.3 is 0 Å². The Kier molecular flexibility index (Phi) is 4.96. The maximum absolute atomic E-state index is 12.7. The Balaban J connectivity index is 1.66. The first-order chi connectivity index (χ1) is 13.7. The molecule has 29 heavy (non-hydrogen) atoms. The van der Waals surface area contributed by atoms with Crippen LogP contribution in [0.2, 0.25) is 0 Å². The molecule has 0 radical (unpaired) electrons. The summed E-state index contributed by atoms with van der Waals surface area (Å²) in [6.45, 7) is 4.09. The van der Waals surface area contributed by atoms with Gasteiger partial charge in [0.2, 0.25) is 10.0 Å². The largest absolute Gasteiger partial charge is 0.319 e. The molecule has 1 saturated carbocycles. The van der Waals surface area contributed by atoms with Gasteiger partial charge in [0.1, 0.15) is 0 Å². The first-order valence-corrected chi connectivity index (χ1v) is 11.7. The Bertz CT molecular complexity index is 1280. The van der Waals surface area contributed by atoms with Crippen molar-refractivity contribution in [2.24, 2.45) is 12.0 Å². The van der Waals surface area contributed by atoms with E-state index in [-0.39, 0.29) is 16.8 Å². The second-order valence-corrected chi connectivity index (χ2v) is 10.5. The molecule has 152 valence electrons. The number of amides is 1. The summed E-state index contributed by atoms with van der Waals surface area (Å²) in [6, 6.07) is 10.3. The van der Waals surface area contributed by atoms with Crippen molar-refractivity contribution in [1.29, 1.82) is 0 Å². The van der Waals surface area contributed by atoms with Crippen molar-refractivity contribution in [3.63, 3.8) is 0 Å². The van der Waals surface area contributed by atoms with E-state index in [2.05, 4.69) is 24.0 Å². The van der Waals surface area contributed by atoms with Crippen molar-refractivity contribution in [3.05, 3.63) is 57.9 Å². The number of fused-ring (bicyclic) bond motifs is 1. The molecule has 0 saturated heterocycles. The molecule has 0 bridgehead atoms. The average molecular weight is 430 g/mol. The number of aryl methyl sites for hydroxylation is 3. The third-order valence-electron chi connectivity index (χ3n) is 5.28. The number of carbonyl (C=O) groups excluding carboxylic acids is 1. The van der Waals surface area contributed by atoms with E-state index < -0.39 is 10.0 Å². The van der Waals surface area contributed by atoms with Crippen molar-refractivity contribution in [1.82, 2.24) is 8.87 Å². The predicted octanol–water partition coefficient (Wildman–Crippen LogP) is 3.38. The van der Waals surface area contributed by atoms with Crippen LogP contribution >= 0.6 is 11.3 Å². The van der Waals surface area contributed by atoms with E-state index in [1.165, 1.54) is 39.9 Å². The molecular weight excluding hydrogens is 406 g/mol. The number of thiazole rings is 1. The number of rotatable bonds is 4. The lowest BCUT2D eigenvalue weighted by atomic mass is 10.1. The zero-order valence-electron chi connectivity index (χ0n) is 16.8. The van der Waals surface area contributed by atoms with Gasteiger partial charge in [0.05, 0.1) is 15.1 Å². The summed E-state index contributed by atoms with van der Waals surface area (Å²) in [4.78, 5) is 17.8. The molecule has 1 aliphatic rings. The topological polar surface area (TPSA) is 71.7 Å². The maximum atomic E-state index is 12.7. The smallest absolute Gasteiger partial charge is 0.279 e. The molecule has 2 aromatic carbocycles. The zero-order chi connectivity index (χ0) is 20.9. The molecule has 0 aliphatic heterocycles. The number of nitrogens with zero attached hydrogens (tertiary/aromatic N) is 3. The van der Waals surface area contributed by atoms with Crippen LogP contribution in [0.5, 0.6) is 0 Å². The van der Waals surface area contributed by atoms with Crippen LogP contribution < -0.4 is 4.80 Å². The van der Waals surface area contributed by atoms with Crippen molar-refractivity contribution < 1.29 is 13.2 Å². The van der Waals surface area contributed by atoms with Crippen LogP contribution in [-0.4, -0.2) is 36.3 Å². The van der Waals surface area contributed by atoms with E-state index >= 15 is 0 Å². The van der Waals surface area contributed by atoms with E-state index in [4.69, 9.17) is 0 Å². The molecule has 1 amide bonds. The van der Waals surface area contributed by atoms with E-state index in [0.29, 0.717) is 10.4 Å². The molecule has 8 heteroatoms. The summed E-state index contributed by atoms with van der Waals surface area (Å²) >= 11 is 1.48. The molecule has 1 aromatic heterocycles. The SMILES string of the molecule is Cc1cc(C)c2sc(=NC(=O)c3ccc(S(=O)(=O)N(C)C4CC4)cc3)n(C)c2c1. The van der Waals surface area contributed by atoms with Crippen LogP contribution in [0.15, 0.2) is 46.3 Å². The van der Waals surface area contributed by atoms with Gasteiger partial charge in [0.25, 0.3) is 5.91 Å². The van der Waals surface area contributed by atoms with Gasteiger partial charge in [-0.05, 0) is 68.1 Å². The minimum Gasteiger partial charge on any atom is -0.319 e. The first kappa shape index (κ1) is 20.0. The maximum Gasteiger partial charge on any atom is 0.279 e. The summed E-state index contributed by atoms with van der Waals surface area (Å²) in [5, 5.41) is 0. The number of carbonyl (C=O) groups is 1. The molecule has 6 nitrogen and oxygen atoms in total. The molecule has 0 N–H and O–H groups in total.